The van der Waals surface area contributed by atoms with E-state index in [1.165, 1.54) is 0 Å². The van der Waals surface area contributed by atoms with Crippen molar-refractivity contribution >= 4 is 23.5 Å². The Kier molecular flexibility index (Phi) is 6.42. The molecule has 26 heavy (non-hydrogen) atoms. The molecule has 0 spiro atoms. The van der Waals surface area contributed by atoms with Crippen molar-refractivity contribution in [2.75, 3.05) is 0 Å². The van der Waals surface area contributed by atoms with E-state index in [0.717, 1.165) is 17.0 Å². The minimum Gasteiger partial charge on any atom is -0.481 e. The number of aryl methyl sites for hydroxylation is 2. The quantitative estimate of drug-likeness (QED) is 0.776. The first-order valence-corrected chi connectivity index (χ1v) is 8.83. The van der Waals surface area contributed by atoms with E-state index in [1.54, 1.807) is 28.9 Å². The highest BCUT2D eigenvalue weighted by Gasteiger charge is 2.23. The lowest BCUT2D eigenvalue weighted by Crippen LogP contribution is -2.35. The molecule has 1 amide bonds. The van der Waals surface area contributed by atoms with Gasteiger partial charge in [-0.2, -0.15) is 5.10 Å². The Morgan fingerprint density at radius 3 is 2.38 bits per heavy atom. The zero-order chi connectivity index (χ0) is 19.4. The maximum absolute atomic E-state index is 12.7. The van der Waals surface area contributed by atoms with Crippen molar-refractivity contribution in [3.63, 3.8) is 0 Å². The van der Waals surface area contributed by atoms with Crippen molar-refractivity contribution in [1.29, 1.82) is 0 Å². The van der Waals surface area contributed by atoms with E-state index in [4.69, 9.17) is 11.6 Å². The Balaban J connectivity index is 2.12. The molecule has 2 rings (SSSR count). The number of rotatable bonds is 7. The molecule has 0 aliphatic rings. The van der Waals surface area contributed by atoms with Crippen LogP contribution in [0.2, 0.25) is 5.02 Å². The topological polar surface area (TPSA) is 84.2 Å². The number of carbonyl (C=O) groups is 2. The van der Waals surface area contributed by atoms with Crippen molar-refractivity contribution in [2.45, 2.75) is 39.7 Å². The average molecular weight is 378 g/mol. The Hall–Kier alpha value is -2.34. The van der Waals surface area contributed by atoms with Gasteiger partial charge in [0.05, 0.1) is 18.2 Å². The second-order valence-electron chi connectivity index (χ2n) is 6.59. The molecule has 0 bridgehead atoms. The lowest BCUT2D eigenvalue weighted by molar-refractivity contribution is -0.137. The molecule has 140 valence electrons. The molecule has 1 aromatic heterocycles. The summed E-state index contributed by atoms with van der Waals surface area (Å²) in [6.45, 7) is 5.73. The number of carboxylic acid groups (broad SMARTS) is 1. The van der Waals surface area contributed by atoms with E-state index in [2.05, 4.69) is 10.4 Å². The molecule has 2 N–H and O–H groups in total. The molecule has 0 aliphatic carbocycles. The van der Waals surface area contributed by atoms with Gasteiger partial charge in [0.25, 0.3) is 0 Å². The Bertz CT molecular complexity index is 799. The number of nitrogens with zero attached hydrogens (tertiary/aromatic N) is 2. The molecule has 0 radical (unpaired) electrons. The van der Waals surface area contributed by atoms with Gasteiger partial charge in [0.1, 0.15) is 0 Å². The number of amides is 1. The third-order valence-corrected chi connectivity index (χ3v) is 4.84. The van der Waals surface area contributed by atoms with Crippen LogP contribution in [0.5, 0.6) is 0 Å². The van der Waals surface area contributed by atoms with E-state index < -0.39 is 12.0 Å². The van der Waals surface area contributed by atoms with E-state index >= 15 is 0 Å². The van der Waals surface area contributed by atoms with Crippen LogP contribution in [0.1, 0.15) is 41.9 Å². The van der Waals surface area contributed by atoms with Crippen LogP contribution in [-0.2, 0) is 23.1 Å². The van der Waals surface area contributed by atoms with Gasteiger partial charge < -0.3 is 10.4 Å². The maximum atomic E-state index is 12.7. The summed E-state index contributed by atoms with van der Waals surface area (Å²) in [6.07, 6.45) is 0.364. The number of hydrogen-bond acceptors (Lipinski definition) is 3. The summed E-state index contributed by atoms with van der Waals surface area (Å²) in [5.41, 5.74) is 3.70. The molecule has 0 saturated heterocycles. The van der Waals surface area contributed by atoms with Gasteiger partial charge in [0, 0.05) is 23.7 Å². The second kappa shape index (κ2) is 8.36. The third kappa shape index (κ3) is 4.85. The summed E-state index contributed by atoms with van der Waals surface area (Å²) in [6, 6.07) is 6.23. The highest BCUT2D eigenvalue weighted by Crippen LogP contribution is 2.22. The molecule has 2 aromatic rings. The first-order chi connectivity index (χ1) is 12.2. The molecule has 1 heterocycles. The fourth-order valence-corrected chi connectivity index (χ4v) is 3.07. The SMILES string of the molecule is Cc1nn(C)c(C)c1CC(C)C(=O)N[C@@H](CC(=O)O)c1ccc(Cl)cc1. The van der Waals surface area contributed by atoms with Gasteiger partial charge in [0.15, 0.2) is 0 Å². The van der Waals surface area contributed by atoms with Crippen molar-refractivity contribution in [2.24, 2.45) is 13.0 Å². The molecule has 1 unspecified atom stereocenters. The highest BCUT2D eigenvalue weighted by atomic mass is 35.5. The van der Waals surface area contributed by atoms with Gasteiger partial charge in [-0.05, 0) is 43.5 Å². The second-order valence-corrected chi connectivity index (χ2v) is 7.03. The molecule has 0 saturated carbocycles. The molecule has 6 nitrogen and oxygen atoms in total. The maximum Gasteiger partial charge on any atom is 0.305 e. The normalized spacial score (nSPS) is 13.3. The number of benzene rings is 1. The third-order valence-electron chi connectivity index (χ3n) is 4.58. The zero-order valence-corrected chi connectivity index (χ0v) is 16.2. The van der Waals surface area contributed by atoms with E-state index in [9.17, 15) is 14.7 Å². The van der Waals surface area contributed by atoms with Crippen LogP contribution in [-0.4, -0.2) is 26.8 Å². The number of carboxylic acids is 1. The standard InChI is InChI=1S/C19H24ClN3O3/c1-11(9-16-12(2)22-23(4)13(16)3)19(26)21-17(10-18(24)25)14-5-7-15(20)8-6-14/h5-8,11,17H,9-10H2,1-4H3,(H,21,26)(H,24,25)/t11?,17-/m0/s1. The predicted octanol–water partition coefficient (Wildman–Crippen LogP) is 3.20. The van der Waals surface area contributed by atoms with Gasteiger partial charge in [0.2, 0.25) is 5.91 Å². The van der Waals surface area contributed by atoms with Crippen molar-refractivity contribution < 1.29 is 14.7 Å². The minimum absolute atomic E-state index is 0.186. The summed E-state index contributed by atoms with van der Waals surface area (Å²) in [7, 11) is 1.87. The summed E-state index contributed by atoms with van der Waals surface area (Å²) >= 11 is 5.89. The fourth-order valence-electron chi connectivity index (χ4n) is 2.95. The first-order valence-electron chi connectivity index (χ1n) is 8.45. The molecular formula is C19H24ClN3O3. The molecule has 0 fully saturated rings. The van der Waals surface area contributed by atoms with Crippen molar-refractivity contribution in [1.82, 2.24) is 15.1 Å². The zero-order valence-electron chi connectivity index (χ0n) is 15.4. The van der Waals surface area contributed by atoms with Crippen LogP contribution in [0.15, 0.2) is 24.3 Å². The van der Waals surface area contributed by atoms with Crippen LogP contribution in [0.25, 0.3) is 0 Å². The van der Waals surface area contributed by atoms with E-state index in [1.807, 2.05) is 27.8 Å². The summed E-state index contributed by atoms with van der Waals surface area (Å²) in [5.74, 6) is -1.47. The van der Waals surface area contributed by atoms with Gasteiger partial charge in [-0.15, -0.1) is 0 Å². The Morgan fingerprint density at radius 1 is 1.27 bits per heavy atom. The van der Waals surface area contributed by atoms with Crippen LogP contribution < -0.4 is 5.32 Å². The molecule has 1 aromatic carbocycles. The van der Waals surface area contributed by atoms with E-state index in [-0.39, 0.29) is 18.2 Å². The fraction of sp³-hybridized carbons (Fsp3) is 0.421. The smallest absolute Gasteiger partial charge is 0.305 e. The minimum atomic E-state index is -0.975. The molecule has 0 aliphatic heterocycles. The van der Waals surface area contributed by atoms with Gasteiger partial charge >= 0.3 is 5.97 Å². The summed E-state index contributed by atoms with van der Waals surface area (Å²) in [4.78, 5) is 23.8. The summed E-state index contributed by atoms with van der Waals surface area (Å²) in [5, 5.41) is 17.0. The molecule has 2 atom stereocenters. The number of hydrogen-bond donors (Lipinski definition) is 2. The van der Waals surface area contributed by atoms with Gasteiger partial charge in [-0.1, -0.05) is 30.7 Å². The molecular weight excluding hydrogens is 354 g/mol. The number of halogens is 1. The van der Waals surface area contributed by atoms with Crippen LogP contribution in [0, 0.1) is 19.8 Å². The van der Waals surface area contributed by atoms with Crippen LogP contribution >= 0.6 is 11.6 Å². The van der Waals surface area contributed by atoms with Crippen molar-refractivity contribution in [3.05, 3.63) is 51.8 Å². The number of aromatic nitrogens is 2. The Morgan fingerprint density at radius 2 is 1.88 bits per heavy atom. The average Bonchev–Trinajstić information content (AvgIpc) is 2.80. The number of aliphatic carboxylic acids is 1. The first kappa shape index (κ1) is 20.0. The monoisotopic (exact) mass is 377 g/mol. The molecule has 7 heteroatoms. The number of carbonyl (C=O) groups excluding carboxylic acids is 1. The number of nitrogens with one attached hydrogen (secondary N) is 1. The lowest BCUT2D eigenvalue weighted by atomic mass is 9.97. The highest BCUT2D eigenvalue weighted by molar-refractivity contribution is 6.30. The van der Waals surface area contributed by atoms with E-state index in [0.29, 0.717) is 17.0 Å². The predicted molar refractivity (Wildman–Crippen MR) is 100 cm³/mol. The van der Waals surface area contributed by atoms with Gasteiger partial charge in [-0.3, -0.25) is 14.3 Å². The lowest BCUT2D eigenvalue weighted by Gasteiger charge is -2.20. The largest absolute Gasteiger partial charge is 0.481 e. The van der Waals surface area contributed by atoms with Crippen molar-refractivity contribution in [3.8, 4) is 0 Å². The summed E-state index contributed by atoms with van der Waals surface area (Å²) < 4.78 is 1.80. The Labute approximate surface area is 158 Å². The van der Waals surface area contributed by atoms with Crippen LogP contribution in [0.4, 0.5) is 0 Å². The van der Waals surface area contributed by atoms with Crippen LogP contribution in [0.3, 0.4) is 0 Å². The van der Waals surface area contributed by atoms with Gasteiger partial charge in [-0.25, -0.2) is 0 Å².